The van der Waals surface area contributed by atoms with Crippen LogP contribution in [0.1, 0.15) is 32.3 Å². The first-order valence-corrected chi connectivity index (χ1v) is 6.94. The van der Waals surface area contributed by atoms with E-state index in [2.05, 4.69) is 0 Å². The van der Waals surface area contributed by atoms with E-state index in [4.69, 9.17) is 0 Å². The lowest BCUT2D eigenvalue weighted by Crippen LogP contribution is -2.21. The van der Waals surface area contributed by atoms with E-state index in [1.54, 1.807) is 38.1 Å². The number of benzene rings is 1. The summed E-state index contributed by atoms with van der Waals surface area (Å²) in [5.74, 6) is 0. The van der Waals surface area contributed by atoms with E-state index in [9.17, 15) is 13.5 Å². The maximum absolute atomic E-state index is 12.2. The van der Waals surface area contributed by atoms with Crippen LogP contribution in [0.4, 0.5) is 0 Å². The van der Waals surface area contributed by atoms with Crippen molar-refractivity contribution in [1.29, 1.82) is 0 Å². The molecule has 2 rings (SSSR count). The summed E-state index contributed by atoms with van der Waals surface area (Å²) in [7, 11) is -3.24. The van der Waals surface area contributed by atoms with Crippen LogP contribution >= 0.6 is 0 Å². The van der Waals surface area contributed by atoms with Gasteiger partial charge in [0.05, 0.1) is 15.7 Å². The summed E-state index contributed by atoms with van der Waals surface area (Å²) in [4.78, 5) is 0.282. The Morgan fingerprint density at radius 3 is 2.31 bits per heavy atom. The molecule has 1 aromatic rings. The van der Waals surface area contributed by atoms with Gasteiger partial charge in [-0.25, -0.2) is 8.42 Å². The van der Waals surface area contributed by atoms with Crippen LogP contribution < -0.4 is 0 Å². The molecule has 0 aromatic heterocycles. The predicted molar refractivity (Wildman–Crippen MR) is 61.9 cm³/mol. The lowest BCUT2D eigenvalue weighted by atomic mass is 9.99. The number of aliphatic hydroxyl groups is 1. The van der Waals surface area contributed by atoms with Crippen molar-refractivity contribution in [1.82, 2.24) is 0 Å². The molecule has 1 saturated carbocycles. The van der Waals surface area contributed by atoms with Gasteiger partial charge in [0.25, 0.3) is 0 Å². The Morgan fingerprint density at radius 1 is 1.25 bits per heavy atom. The lowest BCUT2D eigenvalue weighted by Gasteiger charge is -2.21. The minimum Gasteiger partial charge on any atom is -0.386 e. The summed E-state index contributed by atoms with van der Waals surface area (Å²) in [6, 6.07) is 6.71. The van der Waals surface area contributed by atoms with Gasteiger partial charge in [0, 0.05) is 5.56 Å². The second-order valence-corrected chi connectivity index (χ2v) is 7.00. The van der Waals surface area contributed by atoms with Crippen molar-refractivity contribution >= 4 is 9.84 Å². The van der Waals surface area contributed by atoms with Crippen molar-refractivity contribution in [2.75, 3.05) is 0 Å². The van der Waals surface area contributed by atoms with Crippen LogP contribution in [0.2, 0.25) is 0 Å². The maximum Gasteiger partial charge on any atom is 0.181 e. The van der Waals surface area contributed by atoms with Gasteiger partial charge in [-0.1, -0.05) is 18.2 Å². The summed E-state index contributed by atoms with van der Waals surface area (Å²) in [6.45, 7) is 3.21. The smallest absolute Gasteiger partial charge is 0.181 e. The largest absolute Gasteiger partial charge is 0.386 e. The van der Waals surface area contributed by atoms with Crippen LogP contribution in [0, 0.1) is 0 Å². The molecule has 0 amide bonds. The Morgan fingerprint density at radius 2 is 1.81 bits per heavy atom. The molecule has 4 heteroatoms. The zero-order valence-corrected chi connectivity index (χ0v) is 10.3. The molecule has 0 spiro atoms. The molecule has 88 valence electrons. The fraction of sp³-hybridized carbons (Fsp3) is 0.500. The summed E-state index contributed by atoms with van der Waals surface area (Å²) < 4.78 is 24.3. The average Bonchev–Trinajstić information content (AvgIpc) is 2.99. The number of rotatable bonds is 3. The highest BCUT2D eigenvalue weighted by Crippen LogP contribution is 2.37. The summed E-state index contributed by atoms with van der Waals surface area (Å²) in [5, 5.41) is 9.73. The van der Waals surface area contributed by atoms with Gasteiger partial charge < -0.3 is 5.11 Å². The van der Waals surface area contributed by atoms with Crippen LogP contribution in [0.25, 0.3) is 0 Å². The van der Waals surface area contributed by atoms with E-state index in [0.717, 1.165) is 12.8 Å². The third kappa shape index (κ3) is 1.99. The van der Waals surface area contributed by atoms with Gasteiger partial charge in [-0.05, 0) is 32.8 Å². The third-order valence-electron chi connectivity index (χ3n) is 2.82. The number of hydrogen-bond acceptors (Lipinski definition) is 3. The normalized spacial score (nSPS) is 17.4. The van der Waals surface area contributed by atoms with Gasteiger partial charge in [0.2, 0.25) is 0 Å². The zero-order chi connectivity index (χ0) is 12.0. The Kier molecular flexibility index (Phi) is 2.59. The Hall–Kier alpha value is -0.870. The SMILES string of the molecule is CC(C)(O)c1ccccc1S(=O)(=O)C1CC1. The molecule has 1 fully saturated rings. The maximum atomic E-state index is 12.2. The highest BCUT2D eigenvalue weighted by molar-refractivity contribution is 7.92. The van der Waals surface area contributed by atoms with E-state index in [-0.39, 0.29) is 10.1 Å². The molecule has 1 N–H and O–H groups in total. The molecule has 1 aliphatic carbocycles. The molecule has 0 bridgehead atoms. The van der Waals surface area contributed by atoms with Gasteiger partial charge in [-0.3, -0.25) is 0 Å². The molecular formula is C12H16O3S. The molecule has 0 unspecified atom stereocenters. The van der Waals surface area contributed by atoms with E-state index in [1.165, 1.54) is 0 Å². The van der Waals surface area contributed by atoms with Crippen LogP contribution in [-0.2, 0) is 15.4 Å². The van der Waals surface area contributed by atoms with E-state index in [1.807, 2.05) is 0 Å². The van der Waals surface area contributed by atoms with Gasteiger partial charge >= 0.3 is 0 Å². The van der Waals surface area contributed by atoms with E-state index < -0.39 is 15.4 Å². The number of hydrogen-bond donors (Lipinski definition) is 1. The standard InChI is InChI=1S/C12H16O3S/c1-12(2,13)10-5-3-4-6-11(10)16(14,15)9-7-8-9/h3-6,9,13H,7-8H2,1-2H3. The molecule has 0 atom stereocenters. The number of sulfone groups is 1. The minimum absolute atomic E-state index is 0.240. The van der Waals surface area contributed by atoms with E-state index >= 15 is 0 Å². The summed E-state index contributed by atoms with van der Waals surface area (Å²) >= 11 is 0. The van der Waals surface area contributed by atoms with Crippen molar-refractivity contribution in [3.8, 4) is 0 Å². The van der Waals surface area contributed by atoms with E-state index in [0.29, 0.717) is 5.56 Å². The van der Waals surface area contributed by atoms with Crippen molar-refractivity contribution in [3.63, 3.8) is 0 Å². The van der Waals surface area contributed by atoms with Crippen molar-refractivity contribution in [2.24, 2.45) is 0 Å². The molecule has 0 radical (unpaired) electrons. The van der Waals surface area contributed by atoms with Crippen LogP contribution in [0.3, 0.4) is 0 Å². The molecule has 0 saturated heterocycles. The molecule has 16 heavy (non-hydrogen) atoms. The van der Waals surface area contributed by atoms with Crippen LogP contribution in [-0.4, -0.2) is 18.8 Å². The Bertz CT molecular complexity index is 493. The quantitative estimate of drug-likeness (QED) is 0.877. The van der Waals surface area contributed by atoms with Gasteiger partial charge in [-0.2, -0.15) is 0 Å². The van der Waals surface area contributed by atoms with Crippen molar-refractivity contribution in [3.05, 3.63) is 29.8 Å². The van der Waals surface area contributed by atoms with Crippen LogP contribution in [0.5, 0.6) is 0 Å². The molecule has 1 aromatic carbocycles. The second kappa shape index (κ2) is 3.57. The van der Waals surface area contributed by atoms with Gasteiger partial charge in [0.15, 0.2) is 9.84 Å². The van der Waals surface area contributed by atoms with Gasteiger partial charge in [-0.15, -0.1) is 0 Å². The first-order valence-electron chi connectivity index (χ1n) is 5.39. The average molecular weight is 240 g/mol. The first-order chi connectivity index (χ1) is 7.33. The zero-order valence-electron chi connectivity index (χ0n) is 9.47. The highest BCUT2D eigenvalue weighted by atomic mass is 32.2. The lowest BCUT2D eigenvalue weighted by molar-refractivity contribution is 0.0755. The van der Waals surface area contributed by atoms with Crippen molar-refractivity contribution in [2.45, 2.75) is 42.4 Å². The summed E-state index contributed by atoms with van der Waals surface area (Å²) in [6.07, 6.45) is 1.48. The molecule has 0 heterocycles. The minimum atomic E-state index is -3.24. The fourth-order valence-electron chi connectivity index (χ4n) is 1.78. The summed E-state index contributed by atoms with van der Waals surface area (Å²) in [5.41, 5.74) is -0.639. The highest BCUT2D eigenvalue weighted by Gasteiger charge is 2.39. The topological polar surface area (TPSA) is 54.4 Å². The van der Waals surface area contributed by atoms with Gasteiger partial charge in [0.1, 0.15) is 0 Å². The predicted octanol–water partition coefficient (Wildman–Crippen LogP) is 1.85. The molecule has 3 nitrogen and oxygen atoms in total. The Balaban J connectivity index is 2.57. The molecular weight excluding hydrogens is 224 g/mol. The molecule has 1 aliphatic rings. The Labute approximate surface area is 96.0 Å². The van der Waals surface area contributed by atoms with Crippen molar-refractivity contribution < 1.29 is 13.5 Å². The fourth-order valence-corrected chi connectivity index (χ4v) is 3.79. The third-order valence-corrected chi connectivity index (χ3v) is 5.13. The first kappa shape index (κ1) is 11.6. The monoisotopic (exact) mass is 240 g/mol. The molecule has 0 aliphatic heterocycles. The second-order valence-electron chi connectivity index (χ2n) is 4.80. The van der Waals surface area contributed by atoms with Crippen LogP contribution in [0.15, 0.2) is 29.2 Å².